The summed E-state index contributed by atoms with van der Waals surface area (Å²) in [6, 6.07) is 8.37. The standard InChI is InChI=1S/C22H27ClN2O3/c1-3-11-12-8-15-19-21(13-6-4-5-7-14(13)24(19)2)9-16(25(15)20(11)27)18(12)22(21,28)17(26)10-23/h4-7,11-12,15-16,18-20,27-28H,3,8-10H2,1-2H3/t11-,12-,15-,16-,18-,19-,20+,21-,22+/m0/s1. The fraction of sp³-hybridized carbons (Fsp3) is 0.682. The van der Waals surface area contributed by atoms with Gasteiger partial charge in [0.1, 0.15) is 11.8 Å². The Balaban J connectivity index is 1.67. The van der Waals surface area contributed by atoms with Crippen LogP contribution in [0, 0.1) is 17.8 Å². The van der Waals surface area contributed by atoms with E-state index in [1.807, 2.05) is 12.1 Å². The maximum absolute atomic E-state index is 13.4. The quantitative estimate of drug-likeness (QED) is 0.754. The number of rotatable bonds is 3. The van der Waals surface area contributed by atoms with Crippen molar-refractivity contribution in [3.63, 3.8) is 0 Å². The molecule has 5 nitrogen and oxygen atoms in total. The van der Waals surface area contributed by atoms with Crippen LogP contribution in [0.5, 0.6) is 0 Å². The van der Waals surface area contributed by atoms with Crippen molar-refractivity contribution in [2.45, 2.75) is 61.6 Å². The molecule has 10 atom stereocenters. The lowest BCUT2D eigenvalue weighted by atomic mass is 9.62. The van der Waals surface area contributed by atoms with Crippen LogP contribution in [0.2, 0.25) is 0 Å². The van der Waals surface area contributed by atoms with E-state index in [4.69, 9.17) is 11.6 Å². The summed E-state index contributed by atoms with van der Waals surface area (Å²) in [4.78, 5) is 17.9. The van der Waals surface area contributed by atoms with E-state index in [1.54, 1.807) is 0 Å². The van der Waals surface area contributed by atoms with E-state index in [0.29, 0.717) is 6.42 Å². The Morgan fingerprint density at radius 2 is 2.07 bits per heavy atom. The number of aliphatic hydroxyl groups is 2. The van der Waals surface area contributed by atoms with Gasteiger partial charge in [-0.25, -0.2) is 0 Å². The first-order chi connectivity index (χ1) is 13.4. The summed E-state index contributed by atoms with van der Waals surface area (Å²) in [7, 11) is 2.08. The Bertz CT molecular complexity index is 879. The molecule has 150 valence electrons. The first-order valence-corrected chi connectivity index (χ1v) is 11.1. The third kappa shape index (κ3) is 1.54. The minimum Gasteiger partial charge on any atom is -0.381 e. The molecule has 0 aromatic heterocycles. The summed E-state index contributed by atoms with van der Waals surface area (Å²) in [5.74, 6) is -0.315. The number of nitrogens with zero attached hydrogens (tertiary/aromatic N) is 2. The van der Waals surface area contributed by atoms with Crippen molar-refractivity contribution in [3.8, 4) is 0 Å². The molecule has 1 aromatic carbocycles. The number of halogens is 1. The van der Waals surface area contributed by atoms with E-state index in [-0.39, 0.29) is 47.5 Å². The Labute approximate surface area is 170 Å². The number of aliphatic hydroxyl groups excluding tert-OH is 1. The number of ketones is 1. The topological polar surface area (TPSA) is 64.0 Å². The number of alkyl halides is 1. The number of para-hydroxylation sites is 1. The fourth-order valence-corrected chi connectivity index (χ4v) is 8.74. The highest BCUT2D eigenvalue weighted by atomic mass is 35.5. The first kappa shape index (κ1) is 17.7. The minimum atomic E-state index is -1.48. The molecule has 1 spiro atoms. The number of benzene rings is 1. The molecule has 1 saturated carbocycles. The molecule has 6 heteroatoms. The molecule has 7 rings (SSSR count). The van der Waals surface area contributed by atoms with E-state index in [9.17, 15) is 15.0 Å². The number of anilines is 1. The highest BCUT2D eigenvalue weighted by Gasteiger charge is 2.83. The number of likely N-dealkylation sites (N-methyl/N-ethyl adjacent to an activating group) is 1. The van der Waals surface area contributed by atoms with Crippen LogP contribution >= 0.6 is 11.6 Å². The fourth-order valence-electron chi connectivity index (χ4n) is 8.53. The average Bonchev–Trinajstić information content (AvgIpc) is 3.08. The Kier molecular flexibility index (Phi) is 3.36. The van der Waals surface area contributed by atoms with Gasteiger partial charge in [0.05, 0.1) is 17.3 Å². The van der Waals surface area contributed by atoms with Crippen LogP contribution in [0.4, 0.5) is 5.69 Å². The molecule has 6 aliphatic rings. The molecule has 5 aliphatic heterocycles. The van der Waals surface area contributed by atoms with Crippen LogP contribution in [0.1, 0.15) is 31.7 Å². The summed E-state index contributed by atoms with van der Waals surface area (Å²) < 4.78 is 0. The Hall–Kier alpha value is -1.14. The van der Waals surface area contributed by atoms with Crippen molar-refractivity contribution < 1.29 is 15.0 Å². The molecule has 5 heterocycles. The van der Waals surface area contributed by atoms with Crippen molar-refractivity contribution in [3.05, 3.63) is 29.8 Å². The monoisotopic (exact) mass is 402 g/mol. The van der Waals surface area contributed by atoms with Crippen molar-refractivity contribution in [1.29, 1.82) is 0 Å². The molecular weight excluding hydrogens is 376 g/mol. The second-order valence-electron chi connectivity index (χ2n) is 9.56. The zero-order chi connectivity index (χ0) is 19.6. The highest BCUT2D eigenvalue weighted by molar-refractivity contribution is 6.29. The van der Waals surface area contributed by atoms with Crippen molar-refractivity contribution in [1.82, 2.24) is 4.90 Å². The van der Waals surface area contributed by atoms with Crippen LogP contribution in [-0.2, 0) is 10.2 Å². The number of hydrogen-bond acceptors (Lipinski definition) is 5. The smallest absolute Gasteiger partial charge is 0.180 e. The number of carbonyl (C=O) groups is 1. The lowest BCUT2D eigenvalue weighted by Crippen LogP contribution is -2.72. The number of hydrogen-bond donors (Lipinski definition) is 2. The van der Waals surface area contributed by atoms with Crippen molar-refractivity contribution in [2.75, 3.05) is 17.8 Å². The predicted octanol–water partition coefficient (Wildman–Crippen LogP) is 1.73. The molecule has 1 unspecified atom stereocenters. The maximum Gasteiger partial charge on any atom is 0.180 e. The molecule has 0 radical (unpaired) electrons. The van der Waals surface area contributed by atoms with Crippen LogP contribution in [0.3, 0.4) is 0 Å². The van der Waals surface area contributed by atoms with Gasteiger partial charge in [0.15, 0.2) is 5.78 Å². The molecule has 0 amide bonds. The van der Waals surface area contributed by atoms with Gasteiger partial charge in [-0.05, 0) is 36.8 Å². The second-order valence-corrected chi connectivity index (χ2v) is 9.83. The lowest BCUT2D eigenvalue weighted by Gasteiger charge is -2.62. The van der Waals surface area contributed by atoms with Gasteiger partial charge in [-0.2, -0.15) is 0 Å². The summed E-state index contributed by atoms with van der Waals surface area (Å²) in [5, 5.41) is 23.6. The van der Waals surface area contributed by atoms with Crippen LogP contribution in [0.15, 0.2) is 24.3 Å². The molecule has 5 fully saturated rings. The zero-order valence-corrected chi connectivity index (χ0v) is 17.0. The van der Waals surface area contributed by atoms with Gasteiger partial charge in [-0.15, -0.1) is 11.6 Å². The van der Waals surface area contributed by atoms with Gasteiger partial charge in [0, 0.05) is 36.7 Å². The number of carbonyl (C=O) groups excluding carboxylic acids is 1. The molecule has 4 saturated heterocycles. The Morgan fingerprint density at radius 1 is 1.32 bits per heavy atom. The normalized spacial score (nSPS) is 52.1. The first-order valence-electron chi connectivity index (χ1n) is 10.5. The molecular formula is C22H27ClN2O3. The van der Waals surface area contributed by atoms with Crippen molar-refractivity contribution in [2.24, 2.45) is 17.8 Å². The summed E-state index contributed by atoms with van der Waals surface area (Å²) >= 11 is 6.11. The van der Waals surface area contributed by atoms with Crippen molar-refractivity contribution >= 4 is 23.1 Å². The summed E-state index contributed by atoms with van der Waals surface area (Å²) in [6.07, 6.45) is 2.01. The van der Waals surface area contributed by atoms with E-state index >= 15 is 0 Å². The van der Waals surface area contributed by atoms with E-state index in [1.165, 1.54) is 0 Å². The third-order valence-electron chi connectivity index (χ3n) is 9.16. The highest BCUT2D eigenvalue weighted by Crippen LogP contribution is 2.72. The predicted molar refractivity (Wildman–Crippen MR) is 106 cm³/mol. The maximum atomic E-state index is 13.4. The van der Waals surface area contributed by atoms with Gasteiger partial charge in [0.25, 0.3) is 0 Å². The summed E-state index contributed by atoms with van der Waals surface area (Å²) in [6.45, 7) is 2.10. The molecule has 5 bridgehead atoms. The van der Waals surface area contributed by atoms with E-state index in [2.05, 4.69) is 35.9 Å². The molecule has 28 heavy (non-hydrogen) atoms. The number of fused-ring (bicyclic) bond motifs is 2. The van der Waals surface area contributed by atoms with Gasteiger partial charge in [-0.1, -0.05) is 25.1 Å². The van der Waals surface area contributed by atoms with Gasteiger partial charge >= 0.3 is 0 Å². The summed E-state index contributed by atoms with van der Waals surface area (Å²) in [5.41, 5.74) is 0.0655. The SMILES string of the molecule is CC[C@H]1[C@@H]2C[C@H]3[C@@H]4N(C)c5ccccc5[C@@]45C[C@@H]([C@H]2[C@]5(O)C(=O)CCl)N3[C@@H]1O. The van der Waals surface area contributed by atoms with Gasteiger partial charge in [0.2, 0.25) is 0 Å². The van der Waals surface area contributed by atoms with Crippen LogP contribution < -0.4 is 4.90 Å². The zero-order valence-electron chi connectivity index (χ0n) is 16.3. The average molecular weight is 403 g/mol. The minimum absolute atomic E-state index is 0.0271. The second kappa shape index (κ2) is 5.31. The molecule has 2 N–H and O–H groups in total. The van der Waals surface area contributed by atoms with Gasteiger partial charge < -0.3 is 15.1 Å². The Morgan fingerprint density at radius 3 is 2.79 bits per heavy atom. The number of Topliss-reactive ketones (excluding diaryl/α,β-unsaturated/α-hetero) is 1. The number of piperidine rings is 4. The van der Waals surface area contributed by atoms with Crippen LogP contribution in [-0.4, -0.2) is 63.8 Å². The third-order valence-corrected chi connectivity index (χ3v) is 9.40. The lowest BCUT2D eigenvalue weighted by molar-refractivity contribution is -0.217. The molecule has 1 aliphatic carbocycles. The van der Waals surface area contributed by atoms with E-state index < -0.39 is 17.2 Å². The van der Waals surface area contributed by atoms with E-state index in [0.717, 1.165) is 24.1 Å². The molecule has 1 aromatic rings. The van der Waals surface area contributed by atoms with Crippen LogP contribution in [0.25, 0.3) is 0 Å². The largest absolute Gasteiger partial charge is 0.381 e. The van der Waals surface area contributed by atoms with Gasteiger partial charge in [-0.3, -0.25) is 9.69 Å².